The van der Waals surface area contributed by atoms with E-state index < -0.39 is 0 Å². The molecule has 0 atom stereocenters. The van der Waals surface area contributed by atoms with Crippen molar-refractivity contribution in [3.63, 3.8) is 0 Å². The molecule has 1 aliphatic heterocycles. The highest BCUT2D eigenvalue weighted by atomic mass is 35.5. The maximum absolute atomic E-state index is 3.39. The standard InChI is InChI=1S/C12H26N2.2ClH/c1-2-3-4-5-6-7-10-14-11-8-13-9-12-14;;/h13H,2-12H2,1H3;2*1H. The van der Waals surface area contributed by atoms with Gasteiger partial charge in [0.25, 0.3) is 0 Å². The Balaban J connectivity index is 0. The van der Waals surface area contributed by atoms with E-state index in [4.69, 9.17) is 0 Å². The Hall–Kier alpha value is 0.500. The highest BCUT2D eigenvalue weighted by Gasteiger charge is 2.07. The molecule has 1 N–H and O–H groups in total. The summed E-state index contributed by atoms with van der Waals surface area (Å²) in [6, 6.07) is 0. The smallest absolute Gasteiger partial charge is 0.0107 e. The van der Waals surface area contributed by atoms with Crippen LogP contribution < -0.4 is 5.32 Å². The summed E-state index contributed by atoms with van der Waals surface area (Å²) in [5.41, 5.74) is 0. The molecule has 0 saturated carbocycles. The van der Waals surface area contributed by atoms with Gasteiger partial charge in [-0.3, -0.25) is 0 Å². The number of rotatable bonds is 7. The van der Waals surface area contributed by atoms with E-state index >= 15 is 0 Å². The lowest BCUT2D eigenvalue weighted by atomic mass is 10.1. The van der Waals surface area contributed by atoms with E-state index in [0.717, 1.165) is 0 Å². The minimum Gasteiger partial charge on any atom is -0.314 e. The second-order valence-electron chi connectivity index (χ2n) is 4.36. The Morgan fingerprint density at radius 3 is 2.06 bits per heavy atom. The minimum atomic E-state index is 0. The fourth-order valence-corrected chi connectivity index (χ4v) is 2.05. The molecule has 0 spiro atoms. The zero-order chi connectivity index (χ0) is 10.1. The lowest BCUT2D eigenvalue weighted by molar-refractivity contribution is 0.236. The van der Waals surface area contributed by atoms with Gasteiger partial charge in [-0.25, -0.2) is 0 Å². The zero-order valence-corrected chi connectivity index (χ0v) is 12.2. The van der Waals surface area contributed by atoms with Gasteiger partial charge in [-0.05, 0) is 13.0 Å². The Labute approximate surface area is 113 Å². The summed E-state index contributed by atoms with van der Waals surface area (Å²) in [5.74, 6) is 0. The monoisotopic (exact) mass is 270 g/mol. The first kappa shape index (κ1) is 18.9. The van der Waals surface area contributed by atoms with Crippen molar-refractivity contribution >= 4 is 24.8 Å². The molecule has 0 aliphatic carbocycles. The van der Waals surface area contributed by atoms with Gasteiger partial charge in [0.1, 0.15) is 0 Å². The summed E-state index contributed by atoms with van der Waals surface area (Å²) < 4.78 is 0. The number of nitrogens with zero attached hydrogens (tertiary/aromatic N) is 1. The van der Waals surface area contributed by atoms with Crippen LogP contribution in [0.5, 0.6) is 0 Å². The number of hydrogen-bond acceptors (Lipinski definition) is 2. The Kier molecular flexibility index (Phi) is 16.0. The van der Waals surface area contributed by atoms with Gasteiger partial charge < -0.3 is 10.2 Å². The van der Waals surface area contributed by atoms with Crippen molar-refractivity contribution in [2.24, 2.45) is 0 Å². The molecule has 1 aliphatic rings. The molecule has 1 fully saturated rings. The van der Waals surface area contributed by atoms with Crippen LogP contribution >= 0.6 is 24.8 Å². The third-order valence-corrected chi connectivity index (χ3v) is 3.04. The van der Waals surface area contributed by atoms with Crippen LogP contribution in [-0.4, -0.2) is 37.6 Å². The third-order valence-electron chi connectivity index (χ3n) is 3.04. The Morgan fingerprint density at radius 2 is 1.44 bits per heavy atom. The highest BCUT2D eigenvalue weighted by Crippen LogP contribution is 2.06. The molecule has 16 heavy (non-hydrogen) atoms. The van der Waals surface area contributed by atoms with Gasteiger partial charge in [0.15, 0.2) is 0 Å². The first-order chi connectivity index (χ1) is 6.93. The van der Waals surface area contributed by atoms with Crippen LogP contribution in [0.25, 0.3) is 0 Å². The third kappa shape index (κ3) is 9.71. The number of halogens is 2. The lowest BCUT2D eigenvalue weighted by Gasteiger charge is -2.26. The molecular weight excluding hydrogens is 243 g/mol. The van der Waals surface area contributed by atoms with Crippen molar-refractivity contribution in [3.8, 4) is 0 Å². The molecule has 0 aromatic heterocycles. The van der Waals surface area contributed by atoms with Crippen molar-refractivity contribution < 1.29 is 0 Å². The van der Waals surface area contributed by atoms with Crippen molar-refractivity contribution in [3.05, 3.63) is 0 Å². The maximum atomic E-state index is 3.39. The van der Waals surface area contributed by atoms with Gasteiger partial charge in [-0.15, -0.1) is 24.8 Å². The molecule has 4 heteroatoms. The molecule has 0 bridgehead atoms. The number of unbranched alkanes of at least 4 members (excludes halogenated alkanes) is 5. The molecule has 0 radical (unpaired) electrons. The van der Waals surface area contributed by atoms with E-state index in [-0.39, 0.29) is 24.8 Å². The van der Waals surface area contributed by atoms with E-state index in [1.165, 1.54) is 71.2 Å². The van der Waals surface area contributed by atoms with Gasteiger partial charge in [-0.1, -0.05) is 39.0 Å². The molecule has 100 valence electrons. The quantitative estimate of drug-likeness (QED) is 0.716. The summed E-state index contributed by atoms with van der Waals surface area (Å²) in [6.45, 7) is 8.50. The fraction of sp³-hybridized carbons (Fsp3) is 1.00. The van der Waals surface area contributed by atoms with Crippen LogP contribution in [0.3, 0.4) is 0 Å². The fourth-order valence-electron chi connectivity index (χ4n) is 2.05. The van der Waals surface area contributed by atoms with Gasteiger partial charge in [0.05, 0.1) is 0 Å². The summed E-state index contributed by atoms with van der Waals surface area (Å²) >= 11 is 0. The molecule has 0 unspecified atom stereocenters. The number of nitrogens with one attached hydrogen (secondary N) is 1. The normalized spacial score (nSPS) is 16.3. The van der Waals surface area contributed by atoms with Crippen molar-refractivity contribution in [1.29, 1.82) is 0 Å². The molecule has 0 aromatic carbocycles. The van der Waals surface area contributed by atoms with Crippen LogP contribution in [0.1, 0.15) is 45.4 Å². The summed E-state index contributed by atoms with van der Waals surface area (Å²) in [6.07, 6.45) is 8.51. The Bertz CT molecular complexity index is 128. The average Bonchev–Trinajstić information content (AvgIpc) is 2.25. The first-order valence-electron chi connectivity index (χ1n) is 6.36. The topological polar surface area (TPSA) is 15.3 Å². The van der Waals surface area contributed by atoms with Gasteiger partial charge in [0, 0.05) is 26.2 Å². The van der Waals surface area contributed by atoms with Crippen LogP contribution in [0.2, 0.25) is 0 Å². The molecule has 2 nitrogen and oxygen atoms in total. The van der Waals surface area contributed by atoms with Crippen molar-refractivity contribution in [1.82, 2.24) is 10.2 Å². The minimum absolute atomic E-state index is 0. The first-order valence-corrected chi connectivity index (χ1v) is 6.36. The zero-order valence-electron chi connectivity index (χ0n) is 10.5. The predicted molar refractivity (Wildman–Crippen MR) is 77.2 cm³/mol. The van der Waals surface area contributed by atoms with Gasteiger partial charge >= 0.3 is 0 Å². The maximum Gasteiger partial charge on any atom is 0.0107 e. The van der Waals surface area contributed by atoms with Gasteiger partial charge in [-0.2, -0.15) is 0 Å². The molecular formula is C12H28Cl2N2. The second kappa shape index (κ2) is 13.6. The molecule has 0 amide bonds. The molecule has 1 heterocycles. The van der Waals surface area contributed by atoms with Crippen LogP contribution in [0, 0.1) is 0 Å². The number of hydrogen-bond donors (Lipinski definition) is 1. The summed E-state index contributed by atoms with van der Waals surface area (Å²) in [5, 5.41) is 3.39. The summed E-state index contributed by atoms with van der Waals surface area (Å²) in [4.78, 5) is 2.59. The van der Waals surface area contributed by atoms with Crippen LogP contribution in [0.15, 0.2) is 0 Å². The SMILES string of the molecule is CCCCCCCCN1CCNCC1.Cl.Cl. The molecule has 1 rings (SSSR count). The van der Waals surface area contributed by atoms with Gasteiger partial charge in [0.2, 0.25) is 0 Å². The van der Waals surface area contributed by atoms with Crippen LogP contribution in [-0.2, 0) is 0 Å². The molecule has 1 saturated heterocycles. The average molecular weight is 271 g/mol. The van der Waals surface area contributed by atoms with Crippen molar-refractivity contribution in [2.45, 2.75) is 45.4 Å². The van der Waals surface area contributed by atoms with E-state index in [2.05, 4.69) is 17.1 Å². The van der Waals surface area contributed by atoms with E-state index in [0.29, 0.717) is 0 Å². The van der Waals surface area contributed by atoms with E-state index in [1.54, 1.807) is 0 Å². The highest BCUT2D eigenvalue weighted by molar-refractivity contribution is 5.85. The lowest BCUT2D eigenvalue weighted by Crippen LogP contribution is -2.43. The summed E-state index contributed by atoms with van der Waals surface area (Å²) in [7, 11) is 0. The van der Waals surface area contributed by atoms with Crippen LogP contribution in [0.4, 0.5) is 0 Å². The largest absolute Gasteiger partial charge is 0.314 e. The molecule has 0 aromatic rings. The van der Waals surface area contributed by atoms with E-state index in [1.807, 2.05) is 0 Å². The van der Waals surface area contributed by atoms with E-state index in [9.17, 15) is 0 Å². The predicted octanol–water partition coefficient (Wildman–Crippen LogP) is 3.10. The number of piperazine rings is 1. The second-order valence-corrected chi connectivity index (χ2v) is 4.36. The van der Waals surface area contributed by atoms with Crippen molar-refractivity contribution in [2.75, 3.05) is 32.7 Å². The Morgan fingerprint density at radius 1 is 0.875 bits per heavy atom.